The molecule has 4 aromatic rings. The minimum atomic E-state index is -0.952. The Morgan fingerprint density at radius 2 is 1.66 bits per heavy atom. The van der Waals surface area contributed by atoms with Crippen LogP contribution in [0.2, 0.25) is 0 Å². The molecule has 1 saturated heterocycles. The molecule has 0 amide bonds. The van der Waals surface area contributed by atoms with Crippen LogP contribution in [0.1, 0.15) is 46.3 Å². The molecule has 0 aromatic heterocycles. The number of nitrogens with zero attached hydrogens (tertiary/aromatic N) is 1. The van der Waals surface area contributed by atoms with Crippen molar-refractivity contribution in [3.05, 3.63) is 113 Å². The van der Waals surface area contributed by atoms with E-state index in [0.717, 1.165) is 46.7 Å². The highest BCUT2D eigenvalue weighted by atomic mass is 16.5. The number of anilines is 2. The summed E-state index contributed by atoms with van der Waals surface area (Å²) in [5, 5.41) is 13.3. The molecule has 194 valence electrons. The number of hydrogen-bond donors (Lipinski definition) is 2. The van der Waals surface area contributed by atoms with Gasteiger partial charge in [-0.3, -0.25) is 0 Å². The Hall–Kier alpha value is -4.25. The topological polar surface area (TPSA) is 61.8 Å². The van der Waals surface area contributed by atoms with Crippen molar-refractivity contribution in [2.45, 2.75) is 39.3 Å². The van der Waals surface area contributed by atoms with E-state index in [1.54, 1.807) is 6.07 Å². The Morgan fingerprint density at radius 3 is 2.42 bits per heavy atom. The number of benzene rings is 4. The number of piperidine rings is 1. The molecule has 0 saturated carbocycles. The number of hydrogen-bond acceptors (Lipinski definition) is 4. The molecular formula is C33H34N2O3. The van der Waals surface area contributed by atoms with Gasteiger partial charge in [0.1, 0.15) is 12.4 Å². The summed E-state index contributed by atoms with van der Waals surface area (Å²) >= 11 is 0. The normalized spacial score (nSPS) is 13.2. The molecule has 1 fully saturated rings. The fourth-order valence-corrected chi connectivity index (χ4v) is 5.06. The smallest absolute Gasteiger partial charge is 0.337 e. The van der Waals surface area contributed by atoms with E-state index < -0.39 is 5.97 Å². The predicted molar refractivity (Wildman–Crippen MR) is 154 cm³/mol. The van der Waals surface area contributed by atoms with Crippen LogP contribution in [0.5, 0.6) is 5.75 Å². The monoisotopic (exact) mass is 506 g/mol. The van der Waals surface area contributed by atoms with Gasteiger partial charge >= 0.3 is 5.97 Å². The second-order valence-electron chi connectivity index (χ2n) is 9.85. The average molecular weight is 507 g/mol. The van der Waals surface area contributed by atoms with Gasteiger partial charge in [0.15, 0.2) is 0 Å². The molecular weight excluding hydrogens is 472 g/mol. The van der Waals surface area contributed by atoms with Crippen LogP contribution in [0.3, 0.4) is 0 Å². The second-order valence-corrected chi connectivity index (χ2v) is 9.85. The highest BCUT2D eigenvalue weighted by Gasteiger charge is 2.16. The third kappa shape index (κ3) is 6.00. The Kier molecular flexibility index (Phi) is 7.93. The highest BCUT2D eigenvalue weighted by molar-refractivity contribution is 5.95. The van der Waals surface area contributed by atoms with Gasteiger partial charge in [-0.05, 0) is 78.8 Å². The van der Waals surface area contributed by atoms with Crippen molar-refractivity contribution in [1.29, 1.82) is 0 Å². The van der Waals surface area contributed by atoms with Gasteiger partial charge in [-0.1, -0.05) is 60.7 Å². The van der Waals surface area contributed by atoms with Crippen LogP contribution in [0.25, 0.3) is 11.1 Å². The number of rotatable bonds is 9. The first-order valence-electron chi connectivity index (χ1n) is 13.3. The van der Waals surface area contributed by atoms with Crippen molar-refractivity contribution in [2.24, 2.45) is 0 Å². The Bertz CT molecular complexity index is 1390. The number of nitrogens with one attached hydrogen (secondary N) is 1. The van der Waals surface area contributed by atoms with E-state index in [1.807, 2.05) is 48.5 Å². The minimum absolute atomic E-state index is 0.251. The van der Waals surface area contributed by atoms with Crippen molar-refractivity contribution in [1.82, 2.24) is 0 Å². The number of carboxylic acid groups (broad SMARTS) is 1. The van der Waals surface area contributed by atoms with Crippen molar-refractivity contribution in [2.75, 3.05) is 23.3 Å². The summed E-state index contributed by atoms with van der Waals surface area (Å²) in [4.78, 5) is 14.5. The lowest BCUT2D eigenvalue weighted by Gasteiger charge is -2.29. The molecule has 0 bridgehead atoms. The van der Waals surface area contributed by atoms with Crippen LogP contribution in [0, 0.1) is 6.92 Å². The zero-order valence-electron chi connectivity index (χ0n) is 21.8. The van der Waals surface area contributed by atoms with Crippen LogP contribution in [0.4, 0.5) is 11.4 Å². The van der Waals surface area contributed by atoms with E-state index in [1.165, 1.54) is 24.9 Å². The van der Waals surface area contributed by atoms with Crippen LogP contribution < -0.4 is 15.0 Å². The van der Waals surface area contributed by atoms with Crippen LogP contribution in [-0.2, 0) is 13.2 Å². The van der Waals surface area contributed by atoms with Gasteiger partial charge in [0.25, 0.3) is 0 Å². The fourth-order valence-electron chi connectivity index (χ4n) is 5.06. The molecule has 1 aliphatic heterocycles. The Labute approximate surface area is 224 Å². The largest absolute Gasteiger partial charge is 0.489 e. The molecule has 0 atom stereocenters. The zero-order valence-corrected chi connectivity index (χ0v) is 21.8. The third-order valence-electron chi connectivity index (χ3n) is 7.18. The maximum atomic E-state index is 12.1. The molecule has 4 aromatic carbocycles. The maximum Gasteiger partial charge on any atom is 0.337 e. The zero-order chi connectivity index (χ0) is 26.3. The quantitative estimate of drug-likeness (QED) is 0.246. The van der Waals surface area contributed by atoms with Crippen LogP contribution in [-0.4, -0.2) is 24.2 Å². The molecule has 0 spiro atoms. The summed E-state index contributed by atoms with van der Waals surface area (Å²) < 4.78 is 6.27. The third-order valence-corrected chi connectivity index (χ3v) is 7.18. The lowest BCUT2D eigenvalue weighted by Crippen LogP contribution is -2.29. The molecule has 5 heteroatoms. The molecule has 0 aliphatic carbocycles. The lowest BCUT2D eigenvalue weighted by atomic mass is 9.98. The van der Waals surface area contributed by atoms with E-state index in [0.29, 0.717) is 18.8 Å². The molecule has 38 heavy (non-hydrogen) atoms. The predicted octanol–water partition coefficient (Wildman–Crippen LogP) is 7.54. The molecule has 0 radical (unpaired) electrons. The van der Waals surface area contributed by atoms with Gasteiger partial charge in [-0.2, -0.15) is 0 Å². The average Bonchev–Trinajstić information content (AvgIpc) is 2.96. The Morgan fingerprint density at radius 1 is 0.895 bits per heavy atom. The Balaban J connectivity index is 1.44. The summed E-state index contributed by atoms with van der Waals surface area (Å²) in [6, 6.07) is 30.1. The van der Waals surface area contributed by atoms with E-state index in [4.69, 9.17) is 4.74 Å². The highest BCUT2D eigenvalue weighted by Crippen LogP contribution is 2.31. The second kappa shape index (κ2) is 11.9. The van der Waals surface area contributed by atoms with Gasteiger partial charge in [0.2, 0.25) is 0 Å². The minimum Gasteiger partial charge on any atom is -0.489 e. The summed E-state index contributed by atoms with van der Waals surface area (Å²) in [6.07, 6.45) is 3.68. The molecule has 0 unspecified atom stereocenters. The maximum absolute atomic E-state index is 12.1. The van der Waals surface area contributed by atoms with E-state index in [9.17, 15) is 9.90 Å². The molecule has 1 heterocycles. The molecule has 1 aliphatic rings. The number of carbonyl (C=O) groups is 1. The van der Waals surface area contributed by atoms with E-state index in [-0.39, 0.29) is 5.56 Å². The first-order valence-corrected chi connectivity index (χ1v) is 13.3. The standard InChI is InChI=1S/C33H34N2O3/c1-24-10-6-7-13-29(24)26-14-16-30(33(36)37)31(21-26)34-22-27-20-28(35-18-8-3-9-19-35)15-17-32(27)38-23-25-11-4-2-5-12-25/h2,4-7,10-17,20-21,34H,3,8-9,18-19,22-23H2,1H3,(H,36,37). The number of ether oxygens (including phenoxy) is 1. The number of aromatic carboxylic acids is 1. The van der Waals surface area contributed by atoms with Gasteiger partial charge in [0.05, 0.1) is 5.56 Å². The van der Waals surface area contributed by atoms with Crippen molar-refractivity contribution in [3.63, 3.8) is 0 Å². The van der Waals surface area contributed by atoms with Crippen molar-refractivity contribution >= 4 is 17.3 Å². The lowest BCUT2D eigenvalue weighted by molar-refractivity contribution is 0.0698. The van der Waals surface area contributed by atoms with E-state index in [2.05, 4.69) is 53.5 Å². The van der Waals surface area contributed by atoms with Crippen molar-refractivity contribution in [3.8, 4) is 16.9 Å². The number of aryl methyl sites for hydroxylation is 1. The molecule has 5 rings (SSSR count). The van der Waals surface area contributed by atoms with Crippen LogP contribution >= 0.6 is 0 Å². The van der Waals surface area contributed by atoms with Crippen LogP contribution in [0.15, 0.2) is 91.0 Å². The van der Waals surface area contributed by atoms with Gasteiger partial charge in [-0.15, -0.1) is 0 Å². The SMILES string of the molecule is Cc1ccccc1-c1ccc(C(=O)O)c(NCc2cc(N3CCCCC3)ccc2OCc2ccccc2)c1. The van der Waals surface area contributed by atoms with Crippen molar-refractivity contribution < 1.29 is 14.6 Å². The molecule has 5 nitrogen and oxygen atoms in total. The van der Waals surface area contributed by atoms with Gasteiger partial charge in [0, 0.05) is 36.6 Å². The summed E-state index contributed by atoms with van der Waals surface area (Å²) in [5.74, 6) is -0.152. The van der Waals surface area contributed by atoms with Gasteiger partial charge < -0.3 is 20.1 Å². The summed E-state index contributed by atoms with van der Waals surface area (Å²) in [7, 11) is 0. The van der Waals surface area contributed by atoms with E-state index >= 15 is 0 Å². The number of carboxylic acids is 1. The summed E-state index contributed by atoms with van der Waals surface area (Å²) in [6.45, 7) is 5.09. The fraction of sp³-hybridized carbons (Fsp3) is 0.242. The first kappa shape index (κ1) is 25.4. The van der Waals surface area contributed by atoms with Gasteiger partial charge in [-0.25, -0.2) is 4.79 Å². The molecule has 2 N–H and O–H groups in total. The first-order chi connectivity index (χ1) is 18.6. The summed E-state index contributed by atoms with van der Waals surface area (Å²) in [5.41, 5.74) is 7.35.